The number of benzene rings is 1. The molecule has 4 nitrogen and oxygen atoms in total. The molecule has 22 heavy (non-hydrogen) atoms. The molecule has 2 atom stereocenters. The van der Waals surface area contributed by atoms with Crippen molar-refractivity contribution in [1.82, 2.24) is 4.90 Å². The number of nitrogens with zero attached hydrogens (tertiary/aromatic N) is 2. The summed E-state index contributed by atoms with van der Waals surface area (Å²) in [4.78, 5) is 13.6. The highest BCUT2D eigenvalue weighted by atomic mass is 16.6. The molecule has 1 fully saturated rings. The third kappa shape index (κ3) is 3.32. The van der Waals surface area contributed by atoms with E-state index in [1.165, 1.54) is 18.5 Å². The van der Waals surface area contributed by atoms with Gasteiger partial charge in [-0.3, -0.25) is 10.1 Å². The maximum absolute atomic E-state index is 11.2. The first-order chi connectivity index (χ1) is 10.8. The van der Waals surface area contributed by atoms with Gasteiger partial charge in [-0.15, -0.1) is 0 Å². The van der Waals surface area contributed by atoms with E-state index in [9.17, 15) is 10.1 Å². The topological polar surface area (TPSA) is 46.4 Å². The monoisotopic (exact) mass is 300 g/mol. The predicted octanol–water partition coefficient (Wildman–Crippen LogP) is 3.83. The van der Waals surface area contributed by atoms with E-state index in [1.54, 1.807) is 0 Å². The highest BCUT2D eigenvalue weighted by Gasteiger charge is 2.34. The SMILES string of the molecule is O=[N+]([O-])C[C@H](c1ccccc1)C1CCCC=C1N1CCCC1. The fourth-order valence-electron chi connectivity index (χ4n) is 3.96. The molecule has 1 aliphatic heterocycles. The Kier molecular flexibility index (Phi) is 4.76. The van der Waals surface area contributed by atoms with Gasteiger partial charge < -0.3 is 4.90 Å². The lowest BCUT2D eigenvalue weighted by Crippen LogP contribution is -2.32. The summed E-state index contributed by atoms with van der Waals surface area (Å²) in [5, 5.41) is 11.2. The van der Waals surface area contributed by atoms with Crippen LogP contribution in [0.5, 0.6) is 0 Å². The number of hydrogen-bond donors (Lipinski definition) is 0. The Morgan fingerprint density at radius 3 is 2.59 bits per heavy atom. The van der Waals surface area contributed by atoms with E-state index in [2.05, 4.69) is 11.0 Å². The van der Waals surface area contributed by atoms with Crippen LogP contribution in [-0.4, -0.2) is 29.5 Å². The summed E-state index contributed by atoms with van der Waals surface area (Å²) in [5.74, 6) is 0.281. The summed E-state index contributed by atoms with van der Waals surface area (Å²) in [5.41, 5.74) is 2.48. The van der Waals surface area contributed by atoms with Crippen molar-refractivity contribution in [3.05, 3.63) is 57.8 Å². The molecule has 0 N–H and O–H groups in total. The quantitative estimate of drug-likeness (QED) is 0.613. The van der Waals surface area contributed by atoms with Crippen molar-refractivity contribution < 1.29 is 4.92 Å². The smallest absolute Gasteiger partial charge is 0.211 e. The third-order valence-corrected chi connectivity index (χ3v) is 4.98. The summed E-state index contributed by atoms with van der Waals surface area (Å²) in [6.45, 7) is 2.25. The Morgan fingerprint density at radius 1 is 1.18 bits per heavy atom. The van der Waals surface area contributed by atoms with E-state index in [0.29, 0.717) is 5.92 Å². The van der Waals surface area contributed by atoms with Gasteiger partial charge in [0.15, 0.2) is 0 Å². The van der Waals surface area contributed by atoms with E-state index >= 15 is 0 Å². The molecule has 1 saturated heterocycles. The zero-order valence-electron chi connectivity index (χ0n) is 13.0. The molecule has 0 amide bonds. The molecule has 3 rings (SSSR count). The van der Waals surface area contributed by atoms with Gasteiger partial charge in [0.2, 0.25) is 6.54 Å². The van der Waals surface area contributed by atoms with Gasteiger partial charge in [0.25, 0.3) is 0 Å². The summed E-state index contributed by atoms with van der Waals surface area (Å²) in [6, 6.07) is 10.0. The molecule has 1 aromatic carbocycles. The lowest BCUT2D eigenvalue weighted by Gasteiger charge is -2.35. The van der Waals surface area contributed by atoms with Crippen LogP contribution in [0.15, 0.2) is 42.1 Å². The molecule has 1 unspecified atom stereocenters. The maximum atomic E-state index is 11.2. The largest absolute Gasteiger partial charge is 0.375 e. The fourth-order valence-corrected chi connectivity index (χ4v) is 3.96. The van der Waals surface area contributed by atoms with Gasteiger partial charge in [0.1, 0.15) is 0 Å². The van der Waals surface area contributed by atoms with E-state index in [1.807, 2.05) is 30.3 Å². The van der Waals surface area contributed by atoms with Crippen LogP contribution >= 0.6 is 0 Å². The van der Waals surface area contributed by atoms with Crippen molar-refractivity contribution in [1.29, 1.82) is 0 Å². The number of nitro groups is 1. The minimum absolute atomic E-state index is 0.0108. The average molecular weight is 300 g/mol. The van der Waals surface area contributed by atoms with Gasteiger partial charge in [0.05, 0.1) is 5.92 Å². The van der Waals surface area contributed by atoms with Crippen molar-refractivity contribution in [2.45, 2.75) is 38.0 Å². The van der Waals surface area contributed by atoms with Gasteiger partial charge in [-0.1, -0.05) is 36.4 Å². The number of rotatable bonds is 5. The molecular formula is C18H24N2O2. The zero-order valence-corrected chi connectivity index (χ0v) is 13.0. The molecule has 0 spiro atoms. The van der Waals surface area contributed by atoms with Crippen LogP contribution in [0.3, 0.4) is 0 Å². The van der Waals surface area contributed by atoms with E-state index in [-0.39, 0.29) is 17.4 Å². The Balaban J connectivity index is 1.89. The van der Waals surface area contributed by atoms with Crippen molar-refractivity contribution in [2.75, 3.05) is 19.6 Å². The van der Waals surface area contributed by atoms with Crippen molar-refractivity contribution >= 4 is 0 Å². The van der Waals surface area contributed by atoms with E-state index in [0.717, 1.165) is 37.9 Å². The molecule has 1 aromatic rings. The molecule has 1 aliphatic carbocycles. The molecule has 4 heteroatoms. The minimum Gasteiger partial charge on any atom is -0.375 e. The normalized spacial score (nSPS) is 23.2. The van der Waals surface area contributed by atoms with Crippen molar-refractivity contribution in [3.8, 4) is 0 Å². The van der Waals surface area contributed by atoms with Crippen LogP contribution in [-0.2, 0) is 0 Å². The Labute approximate surface area is 132 Å². The summed E-state index contributed by atoms with van der Waals surface area (Å²) >= 11 is 0. The van der Waals surface area contributed by atoms with Gasteiger partial charge in [-0.05, 0) is 37.7 Å². The first-order valence-corrected chi connectivity index (χ1v) is 8.37. The number of likely N-dealkylation sites (tertiary alicyclic amines) is 1. The minimum atomic E-state index is -0.145. The van der Waals surface area contributed by atoms with Crippen LogP contribution in [0.2, 0.25) is 0 Å². The second-order valence-corrected chi connectivity index (χ2v) is 6.39. The molecule has 2 aliphatic rings. The highest BCUT2D eigenvalue weighted by Crippen LogP contribution is 2.39. The van der Waals surface area contributed by atoms with Gasteiger partial charge in [-0.2, -0.15) is 0 Å². The van der Waals surface area contributed by atoms with Gasteiger partial charge >= 0.3 is 0 Å². The van der Waals surface area contributed by atoms with Crippen molar-refractivity contribution in [3.63, 3.8) is 0 Å². The van der Waals surface area contributed by atoms with Gasteiger partial charge in [-0.25, -0.2) is 0 Å². The molecule has 1 heterocycles. The van der Waals surface area contributed by atoms with Crippen LogP contribution in [0.1, 0.15) is 43.6 Å². The molecule has 118 valence electrons. The molecule has 0 bridgehead atoms. The summed E-state index contributed by atoms with van der Waals surface area (Å²) in [6.07, 6.45) is 8.15. The molecular weight excluding hydrogens is 276 g/mol. The predicted molar refractivity (Wildman–Crippen MR) is 87.3 cm³/mol. The second kappa shape index (κ2) is 6.95. The van der Waals surface area contributed by atoms with E-state index in [4.69, 9.17) is 0 Å². The Hall–Kier alpha value is -1.84. The fraction of sp³-hybridized carbons (Fsp3) is 0.556. The number of hydrogen-bond acceptors (Lipinski definition) is 3. The summed E-state index contributed by atoms with van der Waals surface area (Å²) in [7, 11) is 0. The summed E-state index contributed by atoms with van der Waals surface area (Å²) < 4.78 is 0. The average Bonchev–Trinajstić information content (AvgIpc) is 3.08. The van der Waals surface area contributed by atoms with Crippen LogP contribution in [0.25, 0.3) is 0 Å². The Morgan fingerprint density at radius 2 is 1.91 bits per heavy atom. The lowest BCUT2D eigenvalue weighted by atomic mass is 9.77. The molecule has 0 saturated carbocycles. The van der Waals surface area contributed by atoms with Crippen LogP contribution in [0, 0.1) is 16.0 Å². The second-order valence-electron chi connectivity index (χ2n) is 6.39. The van der Waals surface area contributed by atoms with Crippen LogP contribution < -0.4 is 0 Å². The van der Waals surface area contributed by atoms with E-state index < -0.39 is 0 Å². The first kappa shape index (κ1) is 15.1. The number of allylic oxidation sites excluding steroid dienone is 2. The maximum Gasteiger partial charge on any atom is 0.211 e. The highest BCUT2D eigenvalue weighted by molar-refractivity contribution is 5.25. The lowest BCUT2D eigenvalue weighted by molar-refractivity contribution is -0.484. The molecule has 0 aromatic heterocycles. The molecule has 0 radical (unpaired) electrons. The zero-order chi connectivity index (χ0) is 15.4. The standard InChI is InChI=1S/C18H24N2O2/c21-20(22)14-17(15-8-2-1-3-9-15)16-10-4-5-11-18(16)19-12-6-7-13-19/h1-3,8-9,11,16-17H,4-7,10,12-14H2/t16?,17-/m1/s1. The Bertz CT molecular complexity index is 535. The van der Waals surface area contributed by atoms with Crippen LogP contribution in [0.4, 0.5) is 0 Å². The van der Waals surface area contributed by atoms with Gasteiger partial charge in [0, 0.05) is 29.6 Å². The first-order valence-electron chi connectivity index (χ1n) is 8.37. The van der Waals surface area contributed by atoms with Crippen molar-refractivity contribution in [2.24, 2.45) is 5.92 Å². The third-order valence-electron chi connectivity index (χ3n) is 4.98.